The van der Waals surface area contributed by atoms with Gasteiger partial charge in [-0.1, -0.05) is 42.0 Å². The summed E-state index contributed by atoms with van der Waals surface area (Å²) in [5, 5.41) is 9.74. The number of amides is 1. The number of hydrogen-bond donors (Lipinski definition) is 0. The van der Waals surface area contributed by atoms with E-state index in [0.29, 0.717) is 49.8 Å². The zero-order valence-corrected chi connectivity index (χ0v) is 21.6. The second kappa shape index (κ2) is 12.1. The average molecular weight is 497 g/mol. The molecule has 0 atom stereocenters. The molecule has 0 bridgehead atoms. The third-order valence-electron chi connectivity index (χ3n) is 6.20. The highest BCUT2D eigenvalue weighted by Gasteiger charge is 2.26. The van der Waals surface area contributed by atoms with Gasteiger partial charge in [0.2, 0.25) is 0 Å². The highest BCUT2D eigenvalue weighted by molar-refractivity contribution is 6.12. The van der Waals surface area contributed by atoms with E-state index < -0.39 is 0 Å². The molecule has 0 N–H and O–H groups in total. The first kappa shape index (κ1) is 25.8. The third kappa shape index (κ3) is 6.31. The highest BCUT2D eigenvalue weighted by Crippen LogP contribution is 2.31. The molecule has 1 aliphatic heterocycles. The minimum Gasteiger partial charge on any atom is -0.493 e. The smallest absolute Gasteiger partial charge is 0.268 e. The lowest BCUT2D eigenvalue weighted by molar-refractivity contribution is -0.114. The van der Waals surface area contributed by atoms with E-state index >= 15 is 0 Å². The van der Waals surface area contributed by atoms with Crippen molar-refractivity contribution in [3.8, 4) is 23.3 Å². The zero-order valence-electron chi connectivity index (χ0n) is 21.6. The van der Waals surface area contributed by atoms with Crippen LogP contribution < -0.4 is 19.1 Å². The number of para-hydroxylation sites is 1. The number of rotatable bonds is 10. The largest absolute Gasteiger partial charge is 0.493 e. The van der Waals surface area contributed by atoms with Gasteiger partial charge in [-0.3, -0.25) is 4.79 Å². The maximum absolute atomic E-state index is 13.1. The molecule has 0 radical (unpaired) electrons. The van der Waals surface area contributed by atoms with Gasteiger partial charge in [-0.05, 0) is 74.2 Å². The number of ether oxygens (including phenoxy) is 3. The Labute approximate surface area is 218 Å². The second-order valence-electron chi connectivity index (χ2n) is 8.96. The molecule has 1 heterocycles. The SMILES string of the molecule is CCOc1cc(C=C(C#N)C(=O)N2CCc3ccccc32)ccc1OCCCOc1ccc(C)cc1C. The van der Waals surface area contributed by atoms with E-state index in [2.05, 4.69) is 19.1 Å². The molecule has 6 nitrogen and oxygen atoms in total. The number of fused-ring (bicyclic) bond motifs is 1. The average Bonchev–Trinajstić information content (AvgIpc) is 3.33. The lowest BCUT2D eigenvalue weighted by atomic mass is 10.1. The van der Waals surface area contributed by atoms with E-state index in [1.54, 1.807) is 17.0 Å². The number of nitrogens with zero attached hydrogens (tertiary/aromatic N) is 2. The minimum atomic E-state index is -0.297. The Morgan fingerprint density at radius 1 is 0.973 bits per heavy atom. The van der Waals surface area contributed by atoms with Crippen LogP contribution in [-0.4, -0.2) is 32.3 Å². The monoisotopic (exact) mass is 496 g/mol. The van der Waals surface area contributed by atoms with Gasteiger partial charge in [0.05, 0.1) is 19.8 Å². The number of hydrogen-bond acceptors (Lipinski definition) is 5. The summed E-state index contributed by atoms with van der Waals surface area (Å²) >= 11 is 0. The number of benzene rings is 3. The van der Waals surface area contributed by atoms with Crippen LogP contribution in [0.15, 0.2) is 66.2 Å². The van der Waals surface area contributed by atoms with Gasteiger partial charge in [-0.25, -0.2) is 0 Å². The maximum atomic E-state index is 13.1. The van der Waals surface area contributed by atoms with Crippen LogP contribution in [0.5, 0.6) is 17.2 Å². The van der Waals surface area contributed by atoms with Crippen LogP contribution in [0.25, 0.3) is 6.08 Å². The molecule has 3 aromatic carbocycles. The predicted octanol–water partition coefficient (Wildman–Crippen LogP) is 6.05. The van der Waals surface area contributed by atoms with Crippen LogP contribution in [0.2, 0.25) is 0 Å². The van der Waals surface area contributed by atoms with Crippen molar-refractivity contribution < 1.29 is 19.0 Å². The van der Waals surface area contributed by atoms with Crippen molar-refractivity contribution in [3.63, 3.8) is 0 Å². The van der Waals surface area contributed by atoms with E-state index in [1.165, 1.54) is 5.56 Å². The lowest BCUT2D eigenvalue weighted by Gasteiger charge is -2.17. The number of aryl methyl sites for hydroxylation is 2. The summed E-state index contributed by atoms with van der Waals surface area (Å²) in [7, 11) is 0. The van der Waals surface area contributed by atoms with Crippen molar-refractivity contribution in [1.29, 1.82) is 5.26 Å². The van der Waals surface area contributed by atoms with E-state index in [4.69, 9.17) is 14.2 Å². The molecule has 0 unspecified atom stereocenters. The topological polar surface area (TPSA) is 71.8 Å². The molecule has 0 spiro atoms. The molecule has 0 aliphatic carbocycles. The summed E-state index contributed by atoms with van der Waals surface area (Å²) in [6.45, 7) is 8.05. The molecule has 190 valence electrons. The predicted molar refractivity (Wildman–Crippen MR) is 145 cm³/mol. The Kier molecular flexibility index (Phi) is 8.48. The Hall–Kier alpha value is -4.24. The maximum Gasteiger partial charge on any atom is 0.268 e. The van der Waals surface area contributed by atoms with E-state index in [1.807, 2.05) is 62.4 Å². The van der Waals surface area contributed by atoms with Crippen LogP contribution in [0.3, 0.4) is 0 Å². The second-order valence-corrected chi connectivity index (χ2v) is 8.96. The molecule has 1 amide bonds. The summed E-state index contributed by atoms with van der Waals surface area (Å²) in [4.78, 5) is 14.8. The van der Waals surface area contributed by atoms with Crippen LogP contribution >= 0.6 is 0 Å². The Balaban J connectivity index is 1.40. The fourth-order valence-corrected chi connectivity index (χ4v) is 4.39. The number of carbonyl (C=O) groups is 1. The molecule has 37 heavy (non-hydrogen) atoms. The van der Waals surface area contributed by atoms with Crippen LogP contribution in [0.1, 0.15) is 35.6 Å². The Bertz CT molecular complexity index is 1340. The summed E-state index contributed by atoms with van der Waals surface area (Å²) in [6, 6.07) is 21.5. The van der Waals surface area contributed by atoms with Crippen LogP contribution in [0.4, 0.5) is 5.69 Å². The number of nitriles is 1. The van der Waals surface area contributed by atoms with Crippen molar-refractivity contribution in [2.24, 2.45) is 0 Å². The van der Waals surface area contributed by atoms with Gasteiger partial charge >= 0.3 is 0 Å². The normalized spacial score (nSPS) is 12.6. The van der Waals surface area contributed by atoms with Crippen molar-refractivity contribution >= 4 is 17.7 Å². The lowest BCUT2D eigenvalue weighted by Crippen LogP contribution is -2.29. The molecule has 0 fully saturated rings. The quantitative estimate of drug-likeness (QED) is 0.194. The fraction of sp³-hybridized carbons (Fsp3) is 0.290. The van der Waals surface area contributed by atoms with Crippen LogP contribution in [0, 0.1) is 25.2 Å². The van der Waals surface area contributed by atoms with Gasteiger partial charge < -0.3 is 19.1 Å². The highest BCUT2D eigenvalue weighted by atomic mass is 16.5. The molecule has 6 heteroatoms. The Morgan fingerprint density at radius 2 is 1.73 bits per heavy atom. The van der Waals surface area contributed by atoms with Gasteiger partial charge in [-0.2, -0.15) is 5.26 Å². The molecule has 0 saturated carbocycles. The fourth-order valence-electron chi connectivity index (χ4n) is 4.39. The van der Waals surface area contributed by atoms with Gasteiger partial charge in [0.25, 0.3) is 5.91 Å². The standard InChI is InChI=1S/C31H32N2O4/c1-4-35-30-20-24(19-26(21-32)31(34)33-15-14-25-8-5-6-9-27(25)33)11-13-29(30)37-17-7-16-36-28-12-10-22(2)18-23(28)3/h5-6,8-13,18-20H,4,7,14-17H2,1-3H3. The van der Waals surface area contributed by atoms with E-state index in [-0.39, 0.29) is 11.5 Å². The van der Waals surface area contributed by atoms with Crippen molar-refractivity contribution in [2.45, 2.75) is 33.6 Å². The first-order valence-corrected chi connectivity index (χ1v) is 12.6. The number of anilines is 1. The molecule has 3 aromatic rings. The van der Waals surface area contributed by atoms with Gasteiger partial charge in [-0.15, -0.1) is 0 Å². The zero-order chi connectivity index (χ0) is 26.2. The van der Waals surface area contributed by atoms with E-state index in [9.17, 15) is 10.1 Å². The van der Waals surface area contributed by atoms with Crippen molar-refractivity contribution in [1.82, 2.24) is 0 Å². The summed E-state index contributed by atoms with van der Waals surface area (Å²) in [5.74, 6) is 1.78. The Morgan fingerprint density at radius 3 is 2.49 bits per heavy atom. The molecular weight excluding hydrogens is 464 g/mol. The molecule has 0 aromatic heterocycles. The molecule has 1 aliphatic rings. The van der Waals surface area contributed by atoms with Crippen molar-refractivity contribution in [3.05, 3.63) is 88.5 Å². The molecule has 4 rings (SSSR count). The van der Waals surface area contributed by atoms with Gasteiger partial charge in [0, 0.05) is 18.7 Å². The summed E-state index contributed by atoms with van der Waals surface area (Å²) < 4.78 is 17.6. The van der Waals surface area contributed by atoms with Gasteiger partial charge in [0.15, 0.2) is 11.5 Å². The van der Waals surface area contributed by atoms with E-state index in [0.717, 1.165) is 29.0 Å². The minimum absolute atomic E-state index is 0.0800. The first-order valence-electron chi connectivity index (χ1n) is 12.6. The summed E-state index contributed by atoms with van der Waals surface area (Å²) in [5.41, 5.74) is 5.10. The van der Waals surface area contributed by atoms with Crippen LogP contribution in [-0.2, 0) is 11.2 Å². The van der Waals surface area contributed by atoms with Crippen molar-refractivity contribution in [2.75, 3.05) is 31.3 Å². The summed E-state index contributed by atoms with van der Waals surface area (Å²) in [6.07, 6.45) is 3.11. The molecular formula is C31H32N2O4. The number of carbonyl (C=O) groups excluding carboxylic acids is 1. The first-order chi connectivity index (χ1) is 18.0. The molecule has 0 saturated heterocycles. The van der Waals surface area contributed by atoms with Gasteiger partial charge in [0.1, 0.15) is 17.4 Å². The third-order valence-corrected chi connectivity index (χ3v) is 6.20.